The van der Waals surface area contributed by atoms with Gasteiger partial charge in [-0.2, -0.15) is 0 Å². The number of anilines is 3. The molecule has 0 spiro atoms. The minimum absolute atomic E-state index is 0.229. The van der Waals surface area contributed by atoms with E-state index in [0.717, 1.165) is 33.8 Å². The Morgan fingerprint density at radius 3 is 1.49 bits per heavy atom. The highest BCUT2D eigenvalue weighted by Gasteiger charge is 2.37. The van der Waals surface area contributed by atoms with E-state index in [1.54, 1.807) is 0 Å². The zero-order valence-corrected chi connectivity index (χ0v) is 44.9. The van der Waals surface area contributed by atoms with Crippen molar-refractivity contribution in [3.05, 3.63) is 230 Å². The topological polar surface area (TPSA) is 13.1 Å². The molecule has 3 nitrogen and oxygen atoms in total. The van der Waals surface area contributed by atoms with Gasteiger partial charge in [0.15, 0.2) is 0 Å². The lowest BCUT2D eigenvalue weighted by Gasteiger charge is -2.31. The van der Waals surface area contributed by atoms with Crippen LogP contribution in [-0.4, -0.2) is 9.13 Å². The molecule has 3 heteroatoms. The average Bonchev–Trinajstić information content (AvgIpc) is 3.52. The Labute approximate surface area is 431 Å². The summed E-state index contributed by atoms with van der Waals surface area (Å²) in [6.45, 7) is 29.5. The standard InChI is InChI=1S/C70H65N3/c1-40-20-41(2)27-53(26-40)71-52-18-19-59-61(37-52)69(73(56-32-46(7)23-47(8)33-56)57-34-49(10)25-51(36-57)67-50(11)24-48(9)35-66(67)71)62-38-60-58-16-14-15-17-64(58)70(12,13)65(60)39-63(62)68(59)72(54-28-42(3)21-43(4)29-54)55-30-44(5)22-45(6)31-55/h14-39H,1-13H3. The maximum atomic E-state index is 2.61. The Balaban J connectivity index is 1.45. The number of fused-ring (bicyclic) bond motifs is 10. The zero-order valence-electron chi connectivity index (χ0n) is 44.9. The smallest absolute Gasteiger partial charge is 0.0620 e. The van der Waals surface area contributed by atoms with Gasteiger partial charge in [0.25, 0.3) is 0 Å². The Morgan fingerprint density at radius 1 is 0.370 bits per heavy atom. The Kier molecular flexibility index (Phi) is 10.7. The summed E-state index contributed by atoms with van der Waals surface area (Å²) in [5.41, 5.74) is 29.0. The molecular formula is C70H65N3. The van der Waals surface area contributed by atoms with Crippen molar-refractivity contribution in [2.45, 2.75) is 95.4 Å². The molecule has 0 aliphatic heterocycles. The second kappa shape index (κ2) is 16.9. The largest absolute Gasteiger partial charge is 0.310 e. The normalized spacial score (nSPS) is 12.8. The van der Waals surface area contributed by atoms with Crippen molar-refractivity contribution in [3.8, 4) is 22.5 Å². The van der Waals surface area contributed by atoms with Crippen LogP contribution in [0.3, 0.4) is 0 Å². The molecule has 0 unspecified atom stereocenters. The fourth-order valence-electron chi connectivity index (χ4n) is 13.1. The van der Waals surface area contributed by atoms with E-state index in [9.17, 15) is 0 Å². The predicted octanol–water partition coefficient (Wildman–Crippen LogP) is 19.3. The van der Waals surface area contributed by atoms with Crippen LogP contribution in [0.25, 0.3) is 76.9 Å². The first kappa shape index (κ1) is 46.2. The summed E-state index contributed by atoms with van der Waals surface area (Å²) in [4.78, 5) is 2.59. The highest BCUT2D eigenvalue weighted by molar-refractivity contribution is 6.25. The third kappa shape index (κ3) is 7.63. The molecule has 1 aromatic heterocycles. The van der Waals surface area contributed by atoms with Crippen LogP contribution >= 0.6 is 0 Å². The van der Waals surface area contributed by atoms with Crippen LogP contribution in [0.15, 0.2) is 158 Å². The van der Waals surface area contributed by atoms with Crippen molar-refractivity contribution >= 4 is 71.4 Å². The number of aromatic nitrogens is 2. The Bertz CT molecular complexity index is 4110. The third-order valence-corrected chi connectivity index (χ3v) is 15.6. The fraction of sp³-hybridized carbons (Fsp3) is 0.200. The van der Waals surface area contributed by atoms with Crippen LogP contribution in [0.5, 0.6) is 0 Å². The molecule has 0 saturated heterocycles. The number of rotatable bonds is 5. The first-order chi connectivity index (χ1) is 34.9. The molecule has 1 aliphatic carbocycles. The van der Waals surface area contributed by atoms with Gasteiger partial charge in [0, 0.05) is 66.1 Å². The SMILES string of the molecule is Cc1cc(C)cc(N(c2cc(C)cc(C)c2)c2c3cc4c(cc3c3c5cc(ccc25)n(-c2cc(C)cc(C)c2)c2cc(C)cc(C)c2c2cc(C)cc(c2)n3-c2cc(C)cc(C)c2)-c2ccccc2C4(C)C)c1. The number of hydrogen-bond donors (Lipinski definition) is 0. The highest BCUT2D eigenvalue weighted by atomic mass is 15.1. The molecule has 0 fully saturated rings. The maximum Gasteiger partial charge on any atom is 0.0620 e. The van der Waals surface area contributed by atoms with Crippen LogP contribution in [0.1, 0.15) is 86.2 Å². The van der Waals surface area contributed by atoms with Crippen molar-refractivity contribution in [1.82, 2.24) is 9.13 Å². The van der Waals surface area contributed by atoms with Crippen molar-refractivity contribution in [2.24, 2.45) is 0 Å². The molecular weight excluding hydrogens is 883 g/mol. The van der Waals surface area contributed by atoms with E-state index >= 15 is 0 Å². The van der Waals surface area contributed by atoms with E-state index in [-0.39, 0.29) is 5.41 Å². The molecule has 12 rings (SSSR count). The van der Waals surface area contributed by atoms with Crippen LogP contribution in [0.4, 0.5) is 17.1 Å². The van der Waals surface area contributed by atoms with Gasteiger partial charge in [-0.05, 0) is 256 Å². The molecule has 0 saturated carbocycles. The van der Waals surface area contributed by atoms with E-state index in [2.05, 4.69) is 262 Å². The van der Waals surface area contributed by atoms with Crippen molar-refractivity contribution in [3.63, 3.8) is 0 Å². The molecule has 0 N–H and O–H groups in total. The molecule has 0 radical (unpaired) electrons. The van der Waals surface area contributed by atoms with E-state index in [4.69, 9.17) is 0 Å². The third-order valence-electron chi connectivity index (χ3n) is 15.6. The van der Waals surface area contributed by atoms with Gasteiger partial charge < -0.3 is 14.0 Å². The van der Waals surface area contributed by atoms with E-state index in [1.165, 1.54) is 132 Å². The summed E-state index contributed by atoms with van der Waals surface area (Å²) >= 11 is 0. The number of nitrogens with zero attached hydrogens (tertiary/aromatic N) is 3. The van der Waals surface area contributed by atoms with Gasteiger partial charge >= 0.3 is 0 Å². The first-order valence-corrected chi connectivity index (χ1v) is 26.0. The van der Waals surface area contributed by atoms with Crippen LogP contribution in [0.2, 0.25) is 0 Å². The Hall–Kier alpha value is -7.88. The molecule has 73 heavy (non-hydrogen) atoms. The predicted molar refractivity (Wildman–Crippen MR) is 315 cm³/mol. The molecule has 0 atom stereocenters. The van der Waals surface area contributed by atoms with Gasteiger partial charge in [0.1, 0.15) is 0 Å². The van der Waals surface area contributed by atoms with Gasteiger partial charge in [0.05, 0.1) is 16.7 Å². The Morgan fingerprint density at radius 2 is 0.890 bits per heavy atom. The summed E-state index contributed by atoms with van der Waals surface area (Å²) in [7, 11) is 0. The lowest BCUT2D eigenvalue weighted by atomic mass is 9.81. The summed E-state index contributed by atoms with van der Waals surface area (Å²) in [6.07, 6.45) is 0. The minimum Gasteiger partial charge on any atom is -0.310 e. The second-order valence-corrected chi connectivity index (χ2v) is 22.5. The number of hydrogen-bond acceptors (Lipinski definition) is 1. The van der Waals surface area contributed by atoms with Crippen molar-refractivity contribution in [2.75, 3.05) is 4.90 Å². The van der Waals surface area contributed by atoms with Gasteiger partial charge in [-0.25, -0.2) is 0 Å². The molecule has 0 amide bonds. The van der Waals surface area contributed by atoms with Gasteiger partial charge in [-0.3, -0.25) is 0 Å². The van der Waals surface area contributed by atoms with E-state index in [1.807, 2.05) is 0 Å². The molecule has 1 aliphatic rings. The van der Waals surface area contributed by atoms with Crippen molar-refractivity contribution < 1.29 is 0 Å². The van der Waals surface area contributed by atoms with Crippen molar-refractivity contribution in [1.29, 1.82) is 0 Å². The molecule has 1 heterocycles. The van der Waals surface area contributed by atoms with Gasteiger partial charge in [0.2, 0.25) is 0 Å². The number of benzene rings is 10. The monoisotopic (exact) mass is 948 g/mol. The lowest BCUT2D eigenvalue weighted by molar-refractivity contribution is 0.661. The summed E-state index contributed by atoms with van der Waals surface area (Å²) in [5.74, 6) is 0. The maximum absolute atomic E-state index is 2.61. The van der Waals surface area contributed by atoms with Crippen LogP contribution in [0, 0.1) is 76.2 Å². The van der Waals surface area contributed by atoms with E-state index in [0.29, 0.717) is 0 Å². The molecule has 4 bridgehead atoms. The quantitative estimate of drug-likeness (QED) is 0.157. The zero-order chi connectivity index (χ0) is 50.9. The molecule has 10 aromatic carbocycles. The first-order valence-electron chi connectivity index (χ1n) is 26.0. The fourth-order valence-corrected chi connectivity index (χ4v) is 13.1. The van der Waals surface area contributed by atoms with Crippen LogP contribution < -0.4 is 4.90 Å². The summed E-state index contributed by atoms with van der Waals surface area (Å²) in [5, 5.41) is 7.21. The summed E-state index contributed by atoms with van der Waals surface area (Å²) < 4.78 is 5.16. The second-order valence-electron chi connectivity index (χ2n) is 22.5. The minimum atomic E-state index is -0.229. The van der Waals surface area contributed by atoms with Gasteiger partial charge in [-0.1, -0.05) is 80.6 Å². The summed E-state index contributed by atoms with van der Waals surface area (Å²) in [6, 6.07) is 61.8. The highest BCUT2D eigenvalue weighted by Crippen LogP contribution is 2.54. The lowest BCUT2D eigenvalue weighted by Crippen LogP contribution is -2.16. The van der Waals surface area contributed by atoms with E-state index < -0.39 is 0 Å². The molecule has 360 valence electrons. The average molecular weight is 948 g/mol. The molecule has 11 aromatic rings. The van der Waals surface area contributed by atoms with Gasteiger partial charge in [-0.15, -0.1) is 0 Å². The van der Waals surface area contributed by atoms with Crippen LogP contribution in [-0.2, 0) is 5.41 Å². The number of aryl methyl sites for hydroxylation is 11.